The number of halogens is 1. The molecule has 0 unspecified atom stereocenters. The summed E-state index contributed by atoms with van der Waals surface area (Å²) in [6.45, 7) is 4.80. The van der Waals surface area contributed by atoms with E-state index in [1.807, 2.05) is 18.2 Å². The maximum atomic E-state index is 12.9. The van der Waals surface area contributed by atoms with Gasteiger partial charge < -0.3 is 5.32 Å². The molecule has 5 heteroatoms. The normalized spacial score (nSPS) is 16.2. The van der Waals surface area contributed by atoms with E-state index in [1.54, 1.807) is 0 Å². The molecule has 1 aliphatic heterocycles. The maximum absolute atomic E-state index is 12.9. The lowest BCUT2D eigenvalue weighted by molar-refractivity contribution is 0.0928. The number of carbonyl (C=O) groups excluding carboxylic acids is 1. The van der Waals surface area contributed by atoms with Gasteiger partial charge in [0.25, 0.3) is 5.91 Å². The lowest BCUT2D eigenvalue weighted by Crippen LogP contribution is -2.40. The van der Waals surface area contributed by atoms with Gasteiger partial charge in [-0.25, -0.2) is 0 Å². The van der Waals surface area contributed by atoms with E-state index in [0.717, 1.165) is 23.2 Å². The molecule has 28 heavy (non-hydrogen) atoms. The molecule has 0 radical (unpaired) electrons. The lowest BCUT2D eigenvalue weighted by Gasteiger charge is -2.35. The van der Waals surface area contributed by atoms with Crippen LogP contribution >= 0.6 is 22.9 Å². The lowest BCUT2D eigenvalue weighted by atomic mass is 10.0. The number of fused-ring (bicyclic) bond motifs is 1. The quantitative estimate of drug-likeness (QED) is 0.572. The van der Waals surface area contributed by atoms with Gasteiger partial charge in [-0.1, -0.05) is 60.5 Å². The first kappa shape index (κ1) is 19.4. The molecular weight excluding hydrogens is 388 g/mol. The van der Waals surface area contributed by atoms with Crippen molar-refractivity contribution in [3.63, 3.8) is 0 Å². The summed E-state index contributed by atoms with van der Waals surface area (Å²) >= 11 is 8.00. The molecule has 0 saturated carbocycles. The second kappa shape index (κ2) is 8.64. The van der Waals surface area contributed by atoms with Crippen LogP contribution in [0.5, 0.6) is 0 Å². The van der Waals surface area contributed by atoms with Crippen LogP contribution in [0, 0.1) is 6.92 Å². The van der Waals surface area contributed by atoms with Crippen LogP contribution in [0.25, 0.3) is 10.1 Å². The third-order valence-corrected chi connectivity index (χ3v) is 7.12. The van der Waals surface area contributed by atoms with Gasteiger partial charge >= 0.3 is 0 Å². The molecule has 1 aliphatic rings. The van der Waals surface area contributed by atoms with E-state index >= 15 is 0 Å². The Morgan fingerprint density at radius 1 is 1.14 bits per heavy atom. The Balaban J connectivity index is 1.53. The number of hydrogen-bond acceptors (Lipinski definition) is 3. The monoisotopic (exact) mass is 412 g/mol. The summed E-state index contributed by atoms with van der Waals surface area (Å²) in [6, 6.07) is 16.8. The van der Waals surface area contributed by atoms with Gasteiger partial charge in [0.15, 0.2) is 0 Å². The van der Waals surface area contributed by atoms with Crippen LogP contribution in [0.15, 0.2) is 48.5 Å². The average Bonchev–Trinajstić information content (AvgIpc) is 3.05. The van der Waals surface area contributed by atoms with Gasteiger partial charge in [-0.3, -0.25) is 9.69 Å². The van der Waals surface area contributed by atoms with E-state index in [0.29, 0.717) is 16.4 Å². The van der Waals surface area contributed by atoms with Crippen LogP contribution in [-0.4, -0.2) is 30.4 Å². The standard InChI is InChI=1S/C23H25ClN2OS/c1-16-10-11-18-20(14-16)28-22(21(18)24)23(27)25-15-19(17-8-4-2-5-9-17)26-12-6-3-7-13-26/h2,4-5,8-11,14,19H,3,6-7,12-13,15H2,1H3,(H,25,27)/t19-/m1/s1. The van der Waals surface area contributed by atoms with Crippen LogP contribution in [0.3, 0.4) is 0 Å². The summed E-state index contributed by atoms with van der Waals surface area (Å²) in [4.78, 5) is 16.0. The van der Waals surface area contributed by atoms with Gasteiger partial charge in [0, 0.05) is 16.6 Å². The number of likely N-dealkylation sites (tertiary alicyclic amines) is 1. The van der Waals surface area contributed by atoms with E-state index in [1.165, 1.54) is 41.7 Å². The average molecular weight is 413 g/mol. The van der Waals surface area contributed by atoms with Gasteiger partial charge in [0.2, 0.25) is 0 Å². The van der Waals surface area contributed by atoms with Crippen LogP contribution in [0.2, 0.25) is 5.02 Å². The zero-order valence-corrected chi connectivity index (χ0v) is 17.7. The highest BCUT2D eigenvalue weighted by atomic mass is 35.5. The van der Waals surface area contributed by atoms with Crippen molar-refractivity contribution in [3.8, 4) is 0 Å². The number of nitrogens with zero attached hydrogens (tertiary/aromatic N) is 1. The molecule has 4 rings (SSSR count). The maximum Gasteiger partial charge on any atom is 0.262 e. The van der Waals surface area contributed by atoms with Crippen molar-refractivity contribution in [1.82, 2.24) is 10.2 Å². The minimum atomic E-state index is -0.0817. The smallest absolute Gasteiger partial charge is 0.262 e. The summed E-state index contributed by atoms with van der Waals surface area (Å²) in [5.41, 5.74) is 2.43. The molecule has 0 aliphatic carbocycles. The van der Waals surface area contributed by atoms with Gasteiger partial charge in [0.05, 0.1) is 11.1 Å². The number of carbonyl (C=O) groups is 1. The second-order valence-electron chi connectivity index (χ2n) is 7.48. The predicted octanol–water partition coefficient (Wildman–Crippen LogP) is 5.82. The zero-order chi connectivity index (χ0) is 19.5. The topological polar surface area (TPSA) is 32.3 Å². The second-order valence-corrected chi connectivity index (χ2v) is 8.91. The number of rotatable bonds is 5. The third-order valence-electron chi connectivity index (χ3n) is 5.46. The summed E-state index contributed by atoms with van der Waals surface area (Å²) < 4.78 is 1.06. The first-order valence-corrected chi connectivity index (χ1v) is 11.1. The highest BCUT2D eigenvalue weighted by molar-refractivity contribution is 7.21. The molecule has 1 saturated heterocycles. The van der Waals surface area contributed by atoms with Gasteiger partial charge in [0.1, 0.15) is 4.88 Å². The number of benzene rings is 2. The largest absolute Gasteiger partial charge is 0.349 e. The van der Waals surface area contributed by atoms with E-state index in [-0.39, 0.29) is 11.9 Å². The first-order valence-electron chi connectivity index (χ1n) is 9.89. The predicted molar refractivity (Wildman–Crippen MR) is 119 cm³/mol. The minimum absolute atomic E-state index is 0.0817. The Bertz CT molecular complexity index is 963. The molecule has 0 bridgehead atoms. The fourth-order valence-corrected chi connectivity index (χ4v) is 5.48. The summed E-state index contributed by atoms with van der Waals surface area (Å²) in [5.74, 6) is -0.0817. The number of nitrogens with one attached hydrogen (secondary N) is 1. The molecular formula is C23H25ClN2OS. The number of piperidine rings is 1. The molecule has 3 aromatic rings. The van der Waals surface area contributed by atoms with Crippen molar-refractivity contribution < 1.29 is 4.79 Å². The molecule has 0 spiro atoms. The van der Waals surface area contributed by atoms with Crippen LogP contribution in [0.4, 0.5) is 0 Å². The first-order chi connectivity index (χ1) is 13.6. The highest BCUT2D eigenvalue weighted by Crippen LogP contribution is 2.36. The Hall–Kier alpha value is -1.88. The van der Waals surface area contributed by atoms with Crippen molar-refractivity contribution in [2.24, 2.45) is 0 Å². The van der Waals surface area contributed by atoms with Crippen molar-refractivity contribution >= 4 is 38.9 Å². The van der Waals surface area contributed by atoms with Crippen LogP contribution in [0.1, 0.15) is 46.1 Å². The van der Waals surface area contributed by atoms with E-state index in [4.69, 9.17) is 11.6 Å². The molecule has 2 aromatic carbocycles. The van der Waals surface area contributed by atoms with Crippen molar-refractivity contribution in [2.45, 2.75) is 32.2 Å². The van der Waals surface area contributed by atoms with E-state index in [2.05, 4.69) is 47.5 Å². The molecule has 3 nitrogen and oxygen atoms in total. The minimum Gasteiger partial charge on any atom is -0.349 e. The molecule has 1 aromatic heterocycles. The zero-order valence-electron chi connectivity index (χ0n) is 16.1. The van der Waals surface area contributed by atoms with Crippen LogP contribution in [-0.2, 0) is 0 Å². The van der Waals surface area contributed by atoms with Crippen LogP contribution < -0.4 is 5.32 Å². The number of thiophene rings is 1. The fourth-order valence-electron chi connectivity index (χ4n) is 3.95. The third kappa shape index (κ3) is 4.09. The fraction of sp³-hybridized carbons (Fsp3) is 0.348. The van der Waals surface area contributed by atoms with Crippen molar-refractivity contribution in [2.75, 3.05) is 19.6 Å². The number of hydrogen-bond donors (Lipinski definition) is 1. The SMILES string of the molecule is Cc1ccc2c(Cl)c(C(=O)NC[C@H](c3ccccc3)N3CCCCC3)sc2c1. The summed E-state index contributed by atoms with van der Waals surface area (Å²) in [5, 5.41) is 4.67. The Morgan fingerprint density at radius 2 is 1.89 bits per heavy atom. The number of aryl methyl sites for hydroxylation is 1. The van der Waals surface area contributed by atoms with Gasteiger partial charge in [-0.15, -0.1) is 11.3 Å². The van der Waals surface area contributed by atoms with E-state index in [9.17, 15) is 4.79 Å². The summed E-state index contributed by atoms with van der Waals surface area (Å²) in [6.07, 6.45) is 3.73. The Morgan fingerprint density at radius 3 is 2.64 bits per heavy atom. The summed E-state index contributed by atoms with van der Waals surface area (Å²) in [7, 11) is 0. The van der Waals surface area contributed by atoms with Crippen molar-refractivity contribution in [3.05, 3.63) is 69.6 Å². The molecule has 1 atom stereocenters. The van der Waals surface area contributed by atoms with Gasteiger partial charge in [-0.05, 0) is 50.0 Å². The van der Waals surface area contributed by atoms with Crippen molar-refractivity contribution in [1.29, 1.82) is 0 Å². The molecule has 1 N–H and O–H groups in total. The Kier molecular flexibility index (Phi) is 6.00. The highest BCUT2D eigenvalue weighted by Gasteiger charge is 2.24. The Labute approximate surface area is 175 Å². The molecule has 1 amide bonds. The van der Waals surface area contributed by atoms with Gasteiger partial charge in [-0.2, -0.15) is 0 Å². The molecule has 146 valence electrons. The number of amides is 1. The van der Waals surface area contributed by atoms with E-state index < -0.39 is 0 Å². The molecule has 1 fully saturated rings. The molecule has 2 heterocycles.